The molecule has 0 saturated heterocycles. The number of hydrogen-bond donors (Lipinski definition) is 0. The third-order valence-corrected chi connectivity index (χ3v) is 3.62. The van der Waals surface area contributed by atoms with Crippen LogP contribution in [0.5, 0.6) is 0 Å². The highest BCUT2D eigenvalue weighted by Crippen LogP contribution is 2.14. The number of unbranched alkanes of at least 4 members (excludes halogenated alkanes) is 1. The molecule has 0 spiro atoms. The van der Waals surface area contributed by atoms with E-state index in [4.69, 9.17) is 0 Å². The van der Waals surface area contributed by atoms with E-state index in [0.717, 1.165) is 34.7 Å². The molecule has 0 radical (unpaired) electrons. The van der Waals surface area contributed by atoms with E-state index in [9.17, 15) is 4.79 Å². The summed E-state index contributed by atoms with van der Waals surface area (Å²) >= 11 is 6.75. The number of rotatable bonds is 4. The second kappa shape index (κ2) is 5.78. The number of nitrogens with zero attached hydrogens (tertiary/aromatic N) is 2. The smallest absolute Gasteiger partial charge is 0.261 e. The highest BCUT2D eigenvalue weighted by atomic mass is 79.9. The zero-order valence-corrected chi connectivity index (χ0v) is 12.4. The van der Waals surface area contributed by atoms with Crippen LogP contribution in [0.25, 0.3) is 10.9 Å². The van der Waals surface area contributed by atoms with E-state index in [-0.39, 0.29) is 5.56 Å². The van der Waals surface area contributed by atoms with Crippen molar-refractivity contribution >= 4 is 42.8 Å². The Kier molecular flexibility index (Phi) is 4.34. The summed E-state index contributed by atoms with van der Waals surface area (Å²) in [7, 11) is 0. The van der Waals surface area contributed by atoms with Gasteiger partial charge in [0.05, 0.1) is 17.2 Å². The van der Waals surface area contributed by atoms with E-state index < -0.39 is 0 Å². The lowest BCUT2D eigenvalue weighted by Gasteiger charge is -2.05. The third kappa shape index (κ3) is 2.96. The molecule has 0 amide bonds. The van der Waals surface area contributed by atoms with Crippen LogP contribution in [0.2, 0.25) is 0 Å². The van der Waals surface area contributed by atoms with Gasteiger partial charge in [0.25, 0.3) is 5.56 Å². The van der Waals surface area contributed by atoms with Gasteiger partial charge in [-0.15, -0.1) is 0 Å². The van der Waals surface area contributed by atoms with E-state index in [0.29, 0.717) is 5.39 Å². The highest BCUT2D eigenvalue weighted by Gasteiger charge is 2.04. The number of fused-ring (bicyclic) bond motifs is 1. The van der Waals surface area contributed by atoms with E-state index in [1.165, 1.54) is 0 Å². The fraction of sp³-hybridized carbons (Fsp3) is 0.333. The van der Waals surface area contributed by atoms with Gasteiger partial charge in [-0.25, -0.2) is 4.98 Å². The molecule has 0 atom stereocenters. The van der Waals surface area contributed by atoms with Crippen molar-refractivity contribution < 1.29 is 0 Å². The molecular formula is C12H12Br2N2O. The molecule has 0 aliphatic carbocycles. The van der Waals surface area contributed by atoms with Crippen LogP contribution in [0.3, 0.4) is 0 Å². The minimum atomic E-state index is 0.0332. The normalized spacial score (nSPS) is 10.9. The second-order valence-electron chi connectivity index (χ2n) is 3.80. The Balaban J connectivity index is 2.39. The van der Waals surface area contributed by atoms with Crippen LogP contribution in [0.4, 0.5) is 0 Å². The fourth-order valence-electron chi connectivity index (χ4n) is 1.67. The van der Waals surface area contributed by atoms with E-state index in [1.54, 1.807) is 10.9 Å². The van der Waals surface area contributed by atoms with Crippen LogP contribution in [0, 0.1) is 0 Å². The molecule has 0 fully saturated rings. The summed E-state index contributed by atoms with van der Waals surface area (Å²) in [5.74, 6) is 0. The predicted octanol–water partition coefficient (Wildman–Crippen LogP) is 3.33. The minimum Gasteiger partial charge on any atom is -0.299 e. The molecule has 5 heteroatoms. The quantitative estimate of drug-likeness (QED) is 0.619. The first-order valence-electron chi connectivity index (χ1n) is 5.43. The monoisotopic (exact) mass is 358 g/mol. The number of benzene rings is 1. The van der Waals surface area contributed by atoms with Crippen molar-refractivity contribution in [2.45, 2.75) is 19.4 Å². The van der Waals surface area contributed by atoms with Crippen molar-refractivity contribution in [2.24, 2.45) is 0 Å². The van der Waals surface area contributed by atoms with Gasteiger partial charge >= 0.3 is 0 Å². The molecule has 1 aromatic carbocycles. The van der Waals surface area contributed by atoms with Gasteiger partial charge in [0.1, 0.15) is 0 Å². The summed E-state index contributed by atoms with van der Waals surface area (Å²) in [5.41, 5.74) is 0.779. The standard InChI is InChI=1S/C12H12Br2N2O/c13-5-1-2-6-16-8-15-11-4-3-9(14)7-10(11)12(16)17/h3-4,7-8H,1-2,5-6H2. The maximum absolute atomic E-state index is 12.2. The van der Waals surface area contributed by atoms with Gasteiger partial charge in [0.15, 0.2) is 0 Å². The van der Waals surface area contributed by atoms with Crippen LogP contribution in [0.1, 0.15) is 12.8 Å². The number of hydrogen-bond acceptors (Lipinski definition) is 2. The minimum absolute atomic E-state index is 0.0332. The molecule has 3 nitrogen and oxygen atoms in total. The van der Waals surface area contributed by atoms with Gasteiger partial charge in [-0.05, 0) is 31.0 Å². The molecule has 90 valence electrons. The molecule has 17 heavy (non-hydrogen) atoms. The molecule has 0 saturated carbocycles. The summed E-state index contributed by atoms with van der Waals surface area (Å²) in [5, 5.41) is 1.63. The molecule has 0 unspecified atom stereocenters. The van der Waals surface area contributed by atoms with Crippen molar-refractivity contribution in [1.29, 1.82) is 0 Å². The van der Waals surface area contributed by atoms with E-state index in [1.807, 2.05) is 18.2 Å². The van der Waals surface area contributed by atoms with Gasteiger partial charge in [0.2, 0.25) is 0 Å². The lowest BCUT2D eigenvalue weighted by atomic mass is 10.2. The van der Waals surface area contributed by atoms with Crippen molar-refractivity contribution in [2.75, 3.05) is 5.33 Å². The molecule has 1 heterocycles. The van der Waals surface area contributed by atoms with Crippen LogP contribution >= 0.6 is 31.9 Å². The van der Waals surface area contributed by atoms with Crippen LogP contribution in [-0.2, 0) is 6.54 Å². The van der Waals surface area contributed by atoms with Gasteiger partial charge in [-0.3, -0.25) is 9.36 Å². The van der Waals surface area contributed by atoms with E-state index in [2.05, 4.69) is 36.8 Å². The Labute approximate surface area is 116 Å². The maximum atomic E-state index is 12.2. The molecule has 0 bridgehead atoms. The molecule has 2 rings (SSSR count). The topological polar surface area (TPSA) is 34.9 Å². The fourth-order valence-corrected chi connectivity index (χ4v) is 2.42. The summed E-state index contributed by atoms with van der Waals surface area (Å²) in [4.78, 5) is 16.5. The van der Waals surface area contributed by atoms with Crippen molar-refractivity contribution in [1.82, 2.24) is 9.55 Å². The Hall–Kier alpha value is -0.680. The number of halogens is 2. The molecule has 1 aromatic heterocycles. The zero-order valence-electron chi connectivity index (χ0n) is 9.20. The lowest BCUT2D eigenvalue weighted by molar-refractivity contribution is 0.612. The molecular weight excluding hydrogens is 348 g/mol. The molecule has 0 aliphatic rings. The van der Waals surface area contributed by atoms with Crippen molar-refractivity contribution in [3.8, 4) is 0 Å². The van der Waals surface area contributed by atoms with Crippen LogP contribution < -0.4 is 5.56 Å². The second-order valence-corrected chi connectivity index (χ2v) is 5.51. The molecule has 0 aliphatic heterocycles. The molecule has 0 N–H and O–H groups in total. The Morgan fingerprint density at radius 3 is 2.88 bits per heavy atom. The first kappa shape index (κ1) is 12.8. The third-order valence-electron chi connectivity index (χ3n) is 2.57. The average molecular weight is 360 g/mol. The summed E-state index contributed by atoms with van der Waals surface area (Å²) in [6.45, 7) is 0.722. The first-order chi connectivity index (χ1) is 8.22. The Bertz CT molecular complexity index is 580. The maximum Gasteiger partial charge on any atom is 0.261 e. The summed E-state index contributed by atoms with van der Waals surface area (Å²) in [6, 6.07) is 5.57. The number of aryl methyl sites for hydroxylation is 1. The van der Waals surface area contributed by atoms with Gasteiger partial charge in [0, 0.05) is 16.3 Å². The zero-order chi connectivity index (χ0) is 12.3. The van der Waals surface area contributed by atoms with Gasteiger partial charge in [-0.2, -0.15) is 0 Å². The number of aromatic nitrogens is 2. The predicted molar refractivity (Wildman–Crippen MR) is 76.7 cm³/mol. The lowest BCUT2D eigenvalue weighted by Crippen LogP contribution is -2.20. The first-order valence-corrected chi connectivity index (χ1v) is 7.34. The summed E-state index contributed by atoms with van der Waals surface area (Å²) in [6.07, 6.45) is 3.67. The van der Waals surface area contributed by atoms with E-state index >= 15 is 0 Å². The van der Waals surface area contributed by atoms with Crippen molar-refractivity contribution in [3.05, 3.63) is 39.4 Å². The Morgan fingerprint density at radius 2 is 2.12 bits per heavy atom. The summed E-state index contributed by atoms with van der Waals surface area (Å²) < 4.78 is 2.58. The Morgan fingerprint density at radius 1 is 1.29 bits per heavy atom. The van der Waals surface area contributed by atoms with Crippen molar-refractivity contribution in [3.63, 3.8) is 0 Å². The highest BCUT2D eigenvalue weighted by molar-refractivity contribution is 9.10. The SMILES string of the molecule is O=c1c2cc(Br)ccc2ncn1CCCCBr. The largest absolute Gasteiger partial charge is 0.299 e. The molecule has 2 aromatic rings. The van der Waals surface area contributed by atoms with Crippen LogP contribution in [-0.4, -0.2) is 14.9 Å². The van der Waals surface area contributed by atoms with Crippen LogP contribution in [0.15, 0.2) is 33.8 Å². The number of alkyl halides is 1. The van der Waals surface area contributed by atoms with Gasteiger partial charge in [-0.1, -0.05) is 31.9 Å². The van der Waals surface area contributed by atoms with Gasteiger partial charge < -0.3 is 0 Å². The average Bonchev–Trinajstić information content (AvgIpc) is 2.33.